The molecule has 0 unspecified atom stereocenters. The molecule has 0 radical (unpaired) electrons. The number of anilines is 2. The summed E-state index contributed by atoms with van der Waals surface area (Å²) in [4.78, 5) is 18.6. The number of rotatable bonds is 6. The molecule has 1 fully saturated rings. The molecule has 1 saturated heterocycles. The van der Waals surface area contributed by atoms with Crippen LogP contribution in [0.3, 0.4) is 0 Å². The smallest absolute Gasteiger partial charge is 0.224 e. The lowest BCUT2D eigenvalue weighted by Crippen LogP contribution is -2.30. The Morgan fingerprint density at radius 1 is 1.08 bits per heavy atom. The Hall–Kier alpha value is -4.04. The molecule has 3 heterocycles. The number of hydrogen-bond donors (Lipinski definition) is 2. The van der Waals surface area contributed by atoms with E-state index in [1.165, 1.54) is 12.1 Å². The van der Waals surface area contributed by atoms with Crippen LogP contribution in [-0.2, 0) is 4.79 Å². The van der Waals surface area contributed by atoms with Crippen LogP contribution in [0.4, 0.5) is 15.8 Å². The fourth-order valence-electron chi connectivity index (χ4n) is 4.58. The maximum absolute atomic E-state index is 13.6. The molecule has 4 aromatic rings. The second-order valence-corrected chi connectivity index (χ2v) is 9.06. The average Bonchev–Trinajstić information content (AvgIpc) is 3.50. The number of nitrogens with one attached hydrogen (secondary N) is 2. The summed E-state index contributed by atoms with van der Waals surface area (Å²) in [6.07, 6.45) is 4.15. The van der Waals surface area contributed by atoms with Crippen molar-refractivity contribution in [3.05, 3.63) is 108 Å². The molecule has 6 nitrogen and oxygen atoms in total. The largest absolute Gasteiger partial charge is 0.351 e. The van der Waals surface area contributed by atoms with Crippen molar-refractivity contribution in [2.45, 2.75) is 32.4 Å². The van der Waals surface area contributed by atoms with Gasteiger partial charge in [-0.05, 0) is 91.4 Å². The second kappa shape index (κ2) is 9.91. The lowest BCUT2D eigenvalue weighted by atomic mass is 10.00. The number of pyridine rings is 1. The summed E-state index contributed by atoms with van der Waals surface area (Å²) in [6, 6.07) is 21.7. The molecule has 1 aliphatic heterocycles. The van der Waals surface area contributed by atoms with Crippen LogP contribution >= 0.6 is 12.2 Å². The minimum atomic E-state index is -0.283. The summed E-state index contributed by atoms with van der Waals surface area (Å²) in [7, 11) is 0. The number of aryl methyl sites for hydroxylation is 1. The van der Waals surface area contributed by atoms with Crippen LogP contribution in [0.2, 0.25) is 0 Å². The fraction of sp³-hybridized carbons (Fsp3) is 0.179. The molecule has 2 aromatic heterocycles. The van der Waals surface area contributed by atoms with E-state index in [2.05, 4.69) is 26.6 Å². The van der Waals surface area contributed by atoms with Crippen molar-refractivity contribution in [3.8, 4) is 5.69 Å². The first kappa shape index (κ1) is 23.7. The Bertz CT molecular complexity index is 1400. The van der Waals surface area contributed by atoms with E-state index in [0.29, 0.717) is 11.5 Å². The quantitative estimate of drug-likeness (QED) is 0.326. The van der Waals surface area contributed by atoms with Crippen molar-refractivity contribution in [2.24, 2.45) is 0 Å². The van der Waals surface area contributed by atoms with Gasteiger partial charge in [0.05, 0.1) is 11.7 Å². The van der Waals surface area contributed by atoms with Gasteiger partial charge in [0, 0.05) is 41.6 Å². The number of hydrogen-bond acceptors (Lipinski definition) is 3. The summed E-state index contributed by atoms with van der Waals surface area (Å²) in [5, 5.41) is 7.00. The van der Waals surface area contributed by atoms with Gasteiger partial charge in [0.2, 0.25) is 5.91 Å². The minimum Gasteiger partial charge on any atom is -0.351 e. The highest BCUT2D eigenvalue weighted by atomic mass is 32.1. The number of thiocarbonyl (C=S) groups is 1. The Morgan fingerprint density at radius 2 is 1.86 bits per heavy atom. The highest BCUT2D eigenvalue weighted by Crippen LogP contribution is 2.42. The minimum absolute atomic E-state index is 0.0329. The lowest BCUT2D eigenvalue weighted by Gasteiger charge is -2.29. The molecular formula is C28H26FN5OS. The summed E-state index contributed by atoms with van der Waals surface area (Å²) in [5.74, 6) is -0.315. The molecule has 2 N–H and O–H groups in total. The molecule has 0 aliphatic carbocycles. The molecule has 182 valence electrons. The van der Waals surface area contributed by atoms with Gasteiger partial charge in [-0.15, -0.1) is 0 Å². The molecule has 2 atom stereocenters. The van der Waals surface area contributed by atoms with E-state index in [1.807, 2.05) is 67.1 Å². The van der Waals surface area contributed by atoms with Gasteiger partial charge in [-0.25, -0.2) is 4.39 Å². The van der Waals surface area contributed by atoms with Gasteiger partial charge < -0.3 is 20.1 Å². The van der Waals surface area contributed by atoms with Crippen LogP contribution in [0.15, 0.2) is 85.2 Å². The first-order chi connectivity index (χ1) is 17.5. The molecule has 2 aromatic carbocycles. The van der Waals surface area contributed by atoms with Crippen molar-refractivity contribution in [3.63, 3.8) is 0 Å². The van der Waals surface area contributed by atoms with Crippen LogP contribution in [0.25, 0.3) is 5.69 Å². The molecule has 5 rings (SSSR count). The van der Waals surface area contributed by atoms with Crippen molar-refractivity contribution in [2.75, 3.05) is 10.2 Å². The average molecular weight is 500 g/mol. The predicted octanol–water partition coefficient (Wildman–Crippen LogP) is 5.85. The van der Waals surface area contributed by atoms with Gasteiger partial charge >= 0.3 is 0 Å². The van der Waals surface area contributed by atoms with E-state index in [1.54, 1.807) is 18.3 Å². The number of amides is 1. The number of nitrogens with zero attached hydrogens (tertiary/aromatic N) is 3. The first-order valence-electron chi connectivity index (χ1n) is 11.8. The van der Waals surface area contributed by atoms with E-state index >= 15 is 0 Å². The predicted molar refractivity (Wildman–Crippen MR) is 144 cm³/mol. The zero-order valence-electron chi connectivity index (χ0n) is 20.0. The van der Waals surface area contributed by atoms with E-state index in [9.17, 15) is 9.18 Å². The van der Waals surface area contributed by atoms with Crippen molar-refractivity contribution < 1.29 is 9.18 Å². The number of aromatic nitrogens is 2. The maximum atomic E-state index is 13.6. The summed E-state index contributed by atoms with van der Waals surface area (Å²) in [5.41, 5.74) is 5.30. The van der Waals surface area contributed by atoms with Crippen molar-refractivity contribution in [1.29, 1.82) is 0 Å². The summed E-state index contributed by atoms with van der Waals surface area (Å²) >= 11 is 5.85. The number of halogens is 1. The third-order valence-corrected chi connectivity index (χ3v) is 6.68. The van der Waals surface area contributed by atoms with Crippen LogP contribution in [0.1, 0.15) is 42.4 Å². The van der Waals surface area contributed by atoms with E-state index in [-0.39, 0.29) is 23.8 Å². The molecule has 8 heteroatoms. The Balaban J connectivity index is 1.61. The summed E-state index contributed by atoms with van der Waals surface area (Å²) < 4.78 is 15.7. The maximum Gasteiger partial charge on any atom is 0.224 e. The monoisotopic (exact) mass is 499 g/mol. The SMILES string of the molecule is CCC(=O)Nc1ccc(N2C(=S)N[C@@H](c3ccccn3)[C@@H]2c2cccn2-c2ccc(F)cc2)cc1C. The first-order valence-corrected chi connectivity index (χ1v) is 12.2. The van der Waals surface area contributed by atoms with Crippen LogP contribution in [0.5, 0.6) is 0 Å². The standard InChI is InChI=1S/C28H26FN5OS/c1-3-25(35)31-22-14-13-21(17-18(22)2)34-27(26(32-28(34)36)23-7-4-5-15-30-23)24-8-6-16-33(24)20-11-9-19(29)10-12-20/h4-17,26-27H,3H2,1-2H3,(H,31,35)(H,32,36)/t26-,27-/m0/s1. The van der Waals surface area contributed by atoms with E-state index in [4.69, 9.17) is 12.2 Å². The van der Waals surface area contributed by atoms with Crippen LogP contribution in [0, 0.1) is 12.7 Å². The molecule has 0 spiro atoms. The highest BCUT2D eigenvalue weighted by molar-refractivity contribution is 7.80. The Kier molecular flexibility index (Phi) is 6.52. The molecule has 0 saturated carbocycles. The Morgan fingerprint density at radius 3 is 2.56 bits per heavy atom. The van der Waals surface area contributed by atoms with Crippen molar-refractivity contribution in [1.82, 2.24) is 14.9 Å². The van der Waals surface area contributed by atoms with Gasteiger partial charge in [-0.2, -0.15) is 0 Å². The van der Waals surface area contributed by atoms with Gasteiger partial charge in [-0.3, -0.25) is 9.78 Å². The van der Waals surface area contributed by atoms with Gasteiger partial charge in [-0.1, -0.05) is 13.0 Å². The van der Waals surface area contributed by atoms with E-state index < -0.39 is 0 Å². The molecule has 0 bridgehead atoms. The fourth-order valence-corrected chi connectivity index (χ4v) is 4.93. The number of benzene rings is 2. The molecule has 1 amide bonds. The van der Waals surface area contributed by atoms with Crippen molar-refractivity contribution >= 4 is 34.6 Å². The lowest BCUT2D eigenvalue weighted by molar-refractivity contribution is -0.115. The normalized spacial score (nSPS) is 17.2. The van der Waals surface area contributed by atoms with Gasteiger partial charge in [0.25, 0.3) is 0 Å². The number of carbonyl (C=O) groups excluding carboxylic acids is 1. The third-order valence-electron chi connectivity index (χ3n) is 6.37. The topological polar surface area (TPSA) is 62.2 Å². The van der Waals surface area contributed by atoms with Gasteiger partial charge in [0.15, 0.2) is 5.11 Å². The summed E-state index contributed by atoms with van der Waals surface area (Å²) in [6.45, 7) is 3.79. The van der Waals surface area contributed by atoms with E-state index in [0.717, 1.165) is 34.0 Å². The van der Waals surface area contributed by atoms with Crippen LogP contribution in [-0.4, -0.2) is 20.6 Å². The molecule has 36 heavy (non-hydrogen) atoms. The third kappa shape index (κ3) is 4.47. The molecule has 1 aliphatic rings. The van der Waals surface area contributed by atoms with Crippen LogP contribution < -0.4 is 15.5 Å². The molecular weight excluding hydrogens is 473 g/mol. The number of carbonyl (C=O) groups is 1. The van der Waals surface area contributed by atoms with Gasteiger partial charge in [0.1, 0.15) is 11.9 Å². The zero-order valence-corrected chi connectivity index (χ0v) is 20.8. The second-order valence-electron chi connectivity index (χ2n) is 8.68. The Labute approximate surface area is 214 Å². The highest BCUT2D eigenvalue weighted by Gasteiger charge is 2.42. The zero-order chi connectivity index (χ0) is 25.2.